The van der Waals surface area contributed by atoms with Crippen molar-refractivity contribution in [2.75, 3.05) is 6.61 Å². The number of hydrogen-bond donors (Lipinski definition) is 1. The highest BCUT2D eigenvalue weighted by Crippen LogP contribution is 2.05. The third kappa shape index (κ3) is 2.20. The summed E-state index contributed by atoms with van der Waals surface area (Å²) in [5.41, 5.74) is 2.28. The van der Waals surface area contributed by atoms with Gasteiger partial charge in [-0.25, -0.2) is 0 Å². The van der Waals surface area contributed by atoms with Crippen LogP contribution in [0, 0.1) is 0 Å². The third-order valence-electron chi connectivity index (χ3n) is 1.62. The minimum absolute atomic E-state index is 0.216. The first kappa shape index (κ1) is 8.02. The average Bonchev–Trinajstić information content (AvgIpc) is 2.07. The van der Waals surface area contributed by atoms with E-state index in [1.165, 1.54) is 0 Å². The van der Waals surface area contributed by atoms with Crippen molar-refractivity contribution in [1.82, 2.24) is 0 Å². The van der Waals surface area contributed by atoms with Gasteiger partial charge in [-0.05, 0) is 17.5 Å². The predicted molar refractivity (Wildman–Crippen MR) is 47.3 cm³/mol. The van der Waals surface area contributed by atoms with Crippen molar-refractivity contribution in [3.63, 3.8) is 0 Å². The summed E-state index contributed by atoms with van der Waals surface area (Å²) in [7, 11) is 0. The van der Waals surface area contributed by atoms with E-state index in [1.54, 1.807) is 0 Å². The van der Waals surface area contributed by atoms with Crippen molar-refractivity contribution in [2.24, 2.45) is 0 Å². The standard InChI is InChI=1S/C10H12O/c1-2-9-3-5-10(6-4-9)7-8-11/h2-6,11H,1,7-8H2. The van der Waals surface area contributed by atoms with Crippen LogP contribution < -0.4 is 0 Å². The Hall–Kier alpha value is -1.08. The average molecular weight is 148 g/mol. The smallest absolute Gasteiger partial charge is 0.0471 e. The van der Waals surface area contributed by atoms with Crippen molar-refractivity contribution in [3.8, 4) is 0 Å². The van der Waals surface area contributed by atoms with E-state index >= 15 is 0 Å². The molecule has 1 rings (SSSR count). The molecular formula is C10H12O. The first-order chi connectivity index (χ1) is 5.36. The lowest BCUT2D eigenvalue weighted by Gasteiger charge is -1.97. The molecule has 1 nitrogen and oxygen atoms in total. The highest BCUT2D eigenvalue weighted by molar-refractivity contribution is 5.47. The second-order valence-corrected chi connectivity index (χ2v) is 2.42. The molecule has 0 amide bonds. The summed E-state index contributed by atoms with van der Waals surface area (Å²) in [6.07, 6.45) is 2.54. The largest absolute Gasteiger partial charge is 0.396 e. The van der Waals surface area contributed by atoms with Gasteiger partial charge >= 0.3 is 0 Å². The summed E-state index contributed by atoms with van der Waals surface area (Å²) in [6.45, 7) is 3.87. The summed E-state index contributed by atoms with van der Waals surface area (Å²) in [5.74, 6) is 0. The Kier molecular flexibility index (Phi) is 2.87. The molecule has 0 atom stereocenters. The zero-order valence-corrected chi connectivity index (χ0v) is 6.46. The van der Waals surface area contributed by atoms with Crippen molar-refractivity contribution < 1.29 is 5.11 Å². The molecule has 1 aromatic rings. The van der Waals surface area contributed by atoms with E-state index in [4.69, 9.17) is 5.11 Å². The van der Waals surface area contributed by atoms with Gasteiger partial charge in [-0.3, -0.25) is 0 Å². The maximum absolute atomic E-state index is 8.63. The topological polar surface area (TPSA) is 20.2 Å². The molecule has 58 valence electrons. The van der Waals surface area contributed by atoms with Crippen LogP contribution in [-0.2, 0) is 6.42 Å². The lowest BCUT2D eigenvalue weighted by molar-refractivity contribution is 0.299. The summed E-state index contributed by atoms with van der Waals surface area (Å²) < 4.78 is 0. The monoisotopic (exact) mass is 148 g/mol. The number of hydrogen-bond acceptors (Lipinski definition) is 1. The van der Waals surface area contributed by atoms with E-state index in [9.17, 15) is 0 Å². The van der Waals surface area contributed by atoms with Crippen LogP contribution in [0.2, 0.25) is 0 Å². The Bertz CT molecular complexity index is 223. The SMILES string of the molecule is C=Cc1ccc(CCO)cc1. The summed E-state index contributed by atoms with van der Waals surface area (Å²) in [5, 5.41) is 8.63. The van der Waals surface area contributed by atoms with Gasteiger partial charge in [-0.2, -0.15) is 0 Å². The van der Waals surface area contributed by atoms with Crippen LogP contribution in [0.25, 0.3) is 6.08 Å². The minimum Gasteiger partial charge on any atom is -0.396 e. The zero-order valence-electron chi connectivity index (χ0n) is 6.46. The van der Waals surface area contributed by atoms with Gasteiger partial charge in [0.25, 0.3) is 0 Å². The van der Waals surface area contributed by atoms with E-state index in [-0.39, 0.29) is 6.61 Å². The number of rotatable bonds is 3. The van der Waals surface area contributed by atoms with Crippen LogP contribution >= 0.6 is 0 Å². The quantitative estimate of drug-likeness (QED) is 0.693. The molecule has 0 aliphatic carbocycles. The fourth-order valence-corrected chi connectivity index (χ4v) is 0.949. The molecule has 1 N–H and O–H groups in total. The summed E-state index contributed by atoms with van der Waals surface area (Å²) in [4.78, 5) is 0. The first-order valence-corrected chi connectivity index (χ1v) is 3.69. The van der Waals surface area contributed by atoms with E-state index in [0.29, 0.717) is 0 Å². The van der Waals surface area contributed by atoms with Gasteiger partial charge in [0.15, 0.2) is 0 Å². The molecule has 0 spiro atoms. The highest BCUT2D eigenvalue weighted by Gasteiger charge is 1.89. The molecule has 0 unspecified atom stereocenters. The molecule has 1 aromatic carbocycles. The number of aliphatic hydroxyl groups is 1. The van der Waals surface area contributed by atoms with Crippen molar-refractivity contribution >= 4 is 6.08 Å². The maximum atomic E-state index is 8.63. The molecule has 0 heterocycles. The maximum Gasteiger partial charge on any atom is 0.0471 e. The molecule has 0 bridgehead atoms. The Balaban J connectivity index is 2.74. The van der Waals surface area contributed by atoms with Gasteiger partial charge in [0, 0.05) is 6.61 Å². The Labute approximate surface area is 67.0 Å². The molecular weight excluding hydrogens is 136 g/mol. The molecule has 11 heavy (non-hydrogen) atoms. The van der Waals surface area contributed by atoms with Gasteiger partial charge in [0.05, 0.1) is 0 Å². The number of benzene rings is 1. The number of aliphatic hydroxyl groups excluding tert-OH is 1. The Morgan fingerprint density at radius 1 is 1.27 bits per heavy atom. The Morgan fingerprint density at radius 3 is 2.36 bits per heavy atom. The fourth-order valence-electron chi connectivity index (χ4n) is 0.949. The zero-order chi connectivity index (χ0) is 8.10. The highest BCUT2D eigenvalue weighted by atomic mass is 16.2. The van der Waals surface area contributed by atoms with E-state index in [0.717, 1.165) is 17.5 Å². The summed E-state index contributed by atoms with van der Waals surface area (Å²) in [6, 6.07) is 8.01. The predicted octanol–water partition coefficient (Wildman–Crippen LogP) is 1.86. The van der Waals surface area contributed by atoms with Crippen LogP contribution in [0.1, 0.15) is 11.1 Å². The van der Waals surface area contributed by atoms with E-state index in [1.807, 2.05) is 30.3 Å². The van der Waals surface area contributed by atoms with Crippen molar-refractivity contribution in [1.29, 1.82) is 0 Å². The van der Waals surface area contributed by atoms with E-state index in [2.05, 4.69) is 6.58 Å². The van der Waals surface area contributed by atoms with Gasteiger partial charge in [-0.15, -0.1) is 0 Å². The van der Waals surface area contributed by atoms with Crippen molar-refractivity contribution in [2.45, 2.75) is 6.42 Å². The Morgan fingerprint density at radius 2 is 1.91 bits per heavy atom. The third-order valence-corrected chi connectivity index (χ3v) is 1.62. The summed E-state index contributed by atoms with van der Waals surface area (Å²) >= 11 is 0. The molecule has 0 aromatic heterocycles. The normalized spacial score (nSPS) is 9.55. The second kappa shape index (κ2) is 3.94. The molecule has 0 radical (unpaired) electrons. The lowest BCUT2D eigenvalue weighted by Crippen LogP contribution is -1.89. The van der Waals surface area contributed by atoms with Crippen LogP contribution in [0.3, 0.4) is 0 Å². The second-order valence-electron chi connectivity index (χ2n) is 2.42. The van der Waals surface area contributed by atoms with Crippen molar-refractivity contribution in [3.05, 3.63) is 42.0 Å². The molecule has 0 aliphatic heterocycles. The lowest BCUT2D eigenvalue weighted by atomic mass is 10.1. The minimum atomic E-state index is 0.216. The van der Waals surface area contributed by atoms with Crippen LogP contribution in [-0.4, -0.2) is 11.7 Å². The van der Waals surface area contributed by atoms with E-state index < -0.39 is 0 Å². The van der Waals surface area contributed by atoms with Crippen LogP contribution in [0.5, 0.6) is 0 Å². The molecule has 0 saturated carbocycles. The molecule has 1 heteroatoms. The van der Waals surface area contributed by atoms with Gasteiger partial charge in [-0.1, -0.05) is 36.9 Å². The molecule has 0 aliphatic rings. The molecule has 0 saturated heterocycles. The fraction of sp³-hybridized carbons (Fsp3) is 0.200. The van der Waals surface area contributed by atoms with Crippen LogP contribution in [0.15, 0.2) is 30.8 Å². The first-order valence-electron chi connectivity index (χ1n) is 3.69. The van der Waals surface area contributed by atoms with Gasteiger partial charge in [0.1, 0.15) is 0 Å². The van der Waals surface area contributed by atoms with Crippen LogP contribution in [0.4, 0.5) is 0 Å². The van der Waals surface area contributed by atoms with Gasteiger partial charge in [0.2, 0.25) is 0 Å². The molecule has 0 fully saturated rings. The van der Waals surface area contributed by atoms with Gasteiger partial charge < -0.3 is 5.11 Å².